The Morgan fingerprint density at radius 3 is 2.50 bits per heavy atom. The molecule has 0 heterocycles. The van der Waals surface area contributed by atoms with Gasteiger partial charge in [-0.1, -0.05) is 37.3 Å². The summed E-state index contributed by atoms with van der Waals surface area (Å²) in [6.45, 7) is 3.02. The van der Waals surface area contributed by atoms with Crippen LogP contribution in [0.15, 0.2) is 48.5 Å². The fourth-order valence-corrected chi connectivity index (χ4v) is 2.11. The zero-order chi connectivity index (χ0) is 15.8. The molecular formula is C18H21FN2O. The van der Waals surface area contributed by atoms with Gasteiger partial charge in [-0.2, -0.15) is 0 Å². The predicted octanol–water partition coefficient (Wildman–Crippen LogP) is 3.51. The van der Waals surface area contributed by atoms with Gasteiger partial charge < -0.3 is 10.6 Å². The number of amides is 1. The summed E-state index contributed by atoms with van der Waals surface area (Å²) in [5.74, 6) is -0.277. The lowest BCUT2D eigenvalue weighted by Crippen LogP contribution is -2.21. The molecule has 2 aromatic rings. The molecule has 0 radical (unpaired) electrons. The van der Waals surface area contributed by atoms with Crippen LogP contribution < -0.4 is 10.6 Å². The molecule has 0 saturated carbocycles. The molecule has 2 rings (SSSR count). The molecule has 0 saturated heterocycles. The van der Waals surface area contributed by atoms with E-state index in [0.717, 1.165) is 12.1 Å². The largest absolute Gasteiger partial charge is 0.326 e. The molecule has 0 aromatic heterocycles. The summed E-state index contributed by atoms with van der Waals surface area (Å²) in [5.41, 5.74) is 2.65. The summed E-state index contributed by atoms with van der Waals surface area (Å²) in [7, 11) is 0. The Morgan fingerprint density at radius 2 is 1.82 bits per heavy atom. The fourth-order valence-electron chi connectivity index (χ4n) is 2.11. The topological polar surface area (TPSA) is 41.1 Å². The maximum atomic E-state index is 13.4. The van der Waals surface area contributed by atoms with Crippen molar-refractivity contribution in [2.45, 2.75) is 26.3 Å². The predicted molar refractivity (Wildman–Crippen MR) is 87.2 cm³/mol. The second-order valence-electron chi connectivity index (χ2n) is 5.12. The van der Waals surface area contributed by atoms with E-state index in [4.69, 9.17) is 0 Å². The summed E-state index contributed by atoms with van der Waals surface area (Å²) >= 11 is 0. The molecule has 22 heavy (non-hydrogen) atoms. The highest BCUT2D eigenvalue weighted by Gasteiger charge is 2.03. The Labute approximate surface area is 130 Å². The molecule has 0 fully saturated rings. The van der Waals surface area contributed by atoms with Crippen LogP contribution in [-0.4, -0.2) is 12.5 Å². The summed E-state index contributed by atoms with van der Waals surface area (Å²) in [5, 5.41) is 5.93. The van der Waals surface area contributed by atoms with Crippen molar-refractivity contribution in [2.24, 2.45) is 0 Å². The van der Waals surface area contributed by atoms with E-state index in [9.17, 15) is 9.18 Å². The minimum absolute atomic E-state index is 0.0507. The molecule has 4 heteroatoms. The van der Waals surface area contributed by atoms with E-state index < -0.39 is 0 Å². The molecule has 0 atom stereocenters. The van der Waals surface area contributed by atoms with Gasteiger partial charge in [0, 0.05) is 30.8 Å². The molecule has 0 aliphatic heterocycles. The van der Waals surface area contributed by atoms with Crippen molar-refractivity contribution < 1.29 is 9.18 Å². The van der Waals surface area contributed by atoms with Crippen molar-refractivity contribution in [3.63, 3.8) is 0 Å². The lowest BCUT2D eigenvalue weighted by Gasteiger charge is -2.08. The highest BCUT2D eigenvalue weighted by molar-refractivity contribution is 5.90. The number of carbonyl (C=O) groups excluding carboxylic acids is 1. The lowest BCUT2D eigenvalue weighted by molar-refractivity contribution is -0.116. The monoisotopic (exact) mass is 300 g/mol. The quantitative estimate of drug-likeness (QED) is 0.768. The maximum Gasteiger partial charge on any atom is 0.225 e. The normalized spacial score (nSPS) is 10.5. The Hall–Kier alpha value is -2.20. The average molecular weight is 300 g/mol. The number of hydrogen-bond donors (Lipinski definition) is 2. The van der Waals surface area contributed by atoms with E-state index in [1.165, 1.54) is 11.6 Å². The fraction of sp³-hybridized carbons (Fsp3) is 0.278. The van der Waals surface area contributed by atoms with E-state index in [1.807, 2.05) is 24.3 Å². The summed E-state index contributed by atoms with van der Waals surface area (Å²) < 4.78 is 13.4. The first-order chi connectivity index (χ1) is 10.7. The van der Waals surface area contributed by atoms with Crippen LogP contribution in [0.4, 0.5) is 10.1 Å². The minimum atomic E-state index is -0.226. The summed E-state index contributed by atoms with van der Waals surface area (Å²) in [6, 6.07) is 14.5. The Kier molecular flexibility index (Phi) is 6.10. The molecule has 116 valence electrons. The number of nitrogens with one attached hydrogen (secondary N) is 2. The van der Waals surface area contributed by atoms with Crippen LogP contribution in [0, 0.1) is 5.82 Å². The average Bonchev–Trinajstić information content (AvgIpc) is 2.54. The number of aryl methyl sites for hydroxylation is 1. The van der Waals surface area contributed by atoms with Crippen LogP contribution in [0.2, 0.25) is 0 Å². The SMILES string of the molecule is CCc1ccc(NC(=O)CCNCc2ccccc2F)cc1. The zero-order valence-corrected chi connectivity index (χ0v) is 12.7. The van der Waals surface area contributed by atoms with Gasteiger partial charge in [0.1, 0.15) is 5.82 Å². The van der Waals surface area contributed by atoms with Crippen molar-refractivity contribution in [1.29, 1.82) is 0 Å². The Bertz CT molecular complexity index is 611. The standard InChI is InChI=1S/C18H21FN2O/c1-2-14-7-9-16(10-8-14)21-18(22)11-12-20-13-15-5-3-4-6-17(15)19/h3-10,20H,2,11-13H2,1H3,(H,21,22). The molecule has 1 amide bonds. The zero-order valence-electron chi connectivity index (χ0n) is 12.7. The first-order valence-corrected chi connectivity index (χ1v) is 7.52. The third kappa shape index (κ3) is 4.97. The van der Waals surface area contributed by atoms with E-state index in [0.29, 0.717) is 25.1 Å². The number of benzene rings is 2. The van der Waals surface area contributed by atoms with Gasteiger partial charge in [-0.25, -0.2) is 4.39 Å². The van der Waals surface area contributed by atoms with Gasteiger partial charge in [0.05, 0.1) is 0 Å². The molecule has 0 spiro atoms. The van der Waals surface area contributed by atoms with E-state index in [1.54, 1.807) is 18.2 Å². The third-order valence-corrected chi connectivity index (χ3v) is 3.45. The van der Waals surface area contributed by atoms with Crippen molar-refractivity contribution in [1.82, 2.24) is 5.32 Å². The van der Waals surface area contributed by atoms with E-state index in [-0.39, 0.29) is 11.7 Å². The van der Waals surface area contributed by atoms with E-state index in [2.05, 4.69) is 17.6 Å². The van der Waals surface area contributed by atoms with Crippen molar-refractivity contribution in [3.8, 4) is 0 Å². The van der Waals surface area contributed by atoms with Crippen LogP contribution >= 0.6 is 0 Å². The van der Waals surface area contributed by atoms with Gasteiger partial charge in [0.2, 0.25) is 5.91 Å². The van der Waals surface area contributed by atoms with E-state index >= 15 is 0 Å². The van der Waals surface area contributed by atoms with Crippen LogP contribution in [-0.2, 0) is 17.8 Å². The van der Waals surface area contributed by atoms with Gasteiger partial charge in [-0.15, -0.1) is 0 Å². The van der Waals surface area contributed by atoms with Gasteiger partial charge >= 0.3 is 0 Å². The summed E-state index contributed by atoms with van der Waals surface area (Å²) in [6.07, 6.45) is 1.33. The van der Waals surface area contributed by atoms with Crippen LogP contribution in [0.3, 0.4) is 0 Å². The number of halogens is 1. The first kappa shape index (κ1) is 16.2. The molecule has 2 N–H and O–H groups in total. The molecule has 0 aliphatic carbocycles. The number of anilines is 1. The van der Waals surface area contributed by atoms with Crippen molar-refractivity contribution in [2.75, 3.05) is 11.9 Å². The third-order valence-electron chi connectivity index (χ3n) is 3.45. The highest BCUT2D eigenvalue weighted by Crippen LogP contribution is 2.10. The molecule has 0 bridgehead atoms. The van der Waals surface area contributed by atoms with Crippen LogP contribution in [0.25, 0.3) is 0 Å². The smallest absolute Gasteiger partial charge is 0.225 e. The minimum Gasteiger partial charge on any atom is -0.326 e. The van der Waals surface area contributed by atoms with Gasteiger partial charge in [-0.3, -0.25) is 4.79 Å². The second kappa shape index (κ2) is 8.29. The number of rotatable bonds is 7. The van der Waals surface area contributed by atoms with Crippen molar-refractivity contribution in [3.05, 3.63) is 65.5 Å². The molecule has 2 aromatic carbocycles. The summed E-state index contributed by atoms with van der Waals surface area (Å²) in [4.78, 5) is 11.8. The molecule has 0 aliphatic rings. The van der Waals surface area contributed by atoms with Crippen LogP contribution in [0.1, 0.15) is 24.5 Å². The molecule has 0 unspecified atom stereocenters. The molecule has 3 nitrogen and oxygen atoms in total. The van der Waals surface area contributed by atoms with Crippen molar-refractivity contribution >= 4 is 11.6 Å². The highest BCUT2D eigenvalue weighted by atomic mass is 19.1. The van der Waals surface area contributed by atoms with Crippen LogP contribution in [0.5, 0.6) is 0 Å². The number of carbonyl (C=O) groups is 1. The van der Waals surface area contributed by atoms with Gasteiger partial charge in [0.15, 0.2) is 0 Å². The Morgan fingerprint density at radius 1 is 1.09 bits per heavy atom. The van der Waals surface area contributed by atoms with Gasteiger partial charge in [0.25, 0.3) is 0 Å². The maximum absolute atomic E-state index is 13.4. The number of hydrogen-bond acceptors (Lipinski definition) is 2. The van der Waals surface area contributed by atoms with Gasteiger partial charge in [-0.05, 0) is 30.2 Å². The lowest BCUT2D eigenvalue weighted by atomic mass is 10.1. The Balaban J connectivity index is 1.70. The molecular weight excluding hydrogens is 279 g/mol. The second-order valence-corrected chi connectivity index (χ2v) is 5.12. The first-order valence-electron chi connectivity index (χ1n) is 7.52.